The number of hydrogen-bond acceptors (Lipinski definition) is 2. The van der Waals surface area contributed by atoms with Gasteiger partial charge in [0.05, 0.1) is 12.1 Å². The van der Waals surface area contributed by atoms with E-state index in [0.717, 1.165) is 11.3 Å². The largest absolute Gasteiger partial charge is 0.286 e. The lowest BCUT2D eigenvalue weighted by Gasteiger charge is -2.18. The van der Waals surface area contributed by atoms with E-state index in [1.807, 2.05) is 23.7 Å². The van der Waals surface area contributed by atoms with E-state index in [4.69, 9.17) is 0 Å². The average molecular weight is 189 g/mol. The summed E-state index contributed by atoms with van der Waals surface area (Å²) in [6, 6.07) is 6.09. The molecule has 2 heterocycles. The van der Waals surface area contributed by atoms with Crippen LogP contribution >= 0.6 is 11.8 Å². The van der Waals surface area contributed by atoms with Gasteiger partial charge in [-0.15, -0.1) is 0 Å². The monoisotopic (exact) mass is 189 g/mol. The summed E-state index contributed by atoms with van der Waals surface area (Å²) in [5.41, 5.74) is 2.25. The number of anilines is 1. The van der Waals surface area contributed by atoms with Gasteiger partial charge in [0.1, 0.15) is 0 Å². The first-order valence-electron chi connectivity index (χ1n) is 4.13. The number of rotatable bonds is 0. The zero-order chi connectivity index (χ0) is 8.84. The van der Waals surface area contributed by atoms with Crippen molar-refractivity contribution in [1.29, 1.82) is 0 Å². The molecule has 0 radical (unpaired) electrons. The maximum absolute atomic E-state index is 11.5. The smallest absolute Gasteiger partial charge is 0.235 e. The molecular formula is C10H7NOS. The summed E-state index contributed by atoms with van der Waals surface area (Å²) in [5.74, 6) is 0.180. The molecule has 0 atom stereocenters. The summed E-state index contributed by atoms with van der Waals surface area (Å²) in [4.78, 5) is 14.5. The minimum Gasteiger partial charge on any atom is -0.286 e. The van der Waals surface area contributed by atoms with Crippen LogP contribution in [0.2, 0.25) is 0 Å². The first-order valence-corrected chi connectivity index (χ1v) is 5.01. The molecule has 1 amide bonds. The second-order valence-corrected chi connectivity index (χ2v) is 4.06. The molecule has 64 valence electrons. The molecule has 0 bridgehead atoms. The second-order valence-electron chi connectivity index (χ2n) is 3.11. The minimum atomic E-state index is 0.180. The fraction of sp³-hybridized carbons (Fsp3) is 0.100. The molecule has 0 fully saturated rings. The number of carbonyl (C=O) groups is 1. The molecule has 3 heteroatoms. The van der Waals surface area contributed by atoms with E-state index in [2.05, 4.69) is 6.07 Å². The van der Waals surface area contributed by atoms with Gasteiger partial charge in [0, 0.05) is 11.1 Å². The number of carbonyl (C=O) groups excluding carboxylic acids is 1. The lowest BCUT2D eigenvalue weighted by atomic mass is 10.2. The molecule has 13 heavy (non-hydrogen) atoms. The first kappa shape index (κ1) is 7.21. The normalized spacial score (nSPS) is 17.8. The van der Waals surface area contributed by atoms with Gasteiger partial charge in [0.2, 0.25) is 5.91 Å². The van der Waals surface area contributed by atoms with Gasteiger partial charge in [-0.05, 0) is 17.0 Å². The lowest BCUT2D eigenvalue weighted by Crippen LogP contribution is -2.21. The van der Waals surface area contributed by atoms with Crippen molar-refractivity contribution in [1.82, 2.24) is 0 Å². The summed E-state index contributed by atoms with van der Waals surface area (Å²) < 4.78 is 0. The number of amides is 1. The van der Waals surface area contributed by atoms with Crippen LogP contribution in [-0.4, -0.2) is 5.91 Å². The molecule has 2 nitrogen and oxygen atoms in total. The highest BCUT2D eigenvalue weighted by molar-refractivity contribution is 8.02. The maximum Gasteiger partial charge on any atom is 0.235 e. The number of para-hydroxylation sites is 1. The van der Waals surface area contributed by atoms with Gasteiger partial charge in [0.15, 0.2) is 0 Å². The third-order valence-corrected chi connectivity index (χ3v) is 3.18. The minimum absolute atomic E-state index is 0.180. The Labute approximate surface area is 80.2 Å². The molecule has 0 N–H and O–H groups in total. The van der Waals surface area contributed by atoms with Crippen molar-refractivity contribution in [3.05, 3.63) is 35.4 Å². The molecule has 0 aromatic heterocycles. The van der Waals surface area contributed by atoms with Gasteiger partial charge in [-0.25, -0.2) is 0 Å². The van der Waals surface area contributed by atoms with Crippen LogP contribution in [-0.2, 0) is 11.2 Å². The summed E-state index contributed by atoms with van der Waals surface area (Å²) in [6.45, 7) is 0. The maximum atomic E-state index is 11.5. The molecule has 0 saturated heterocycles. The SMILES string of the molecule is O=C1Cc2cccc3c2N1C=CS3. The number of thioether (sulfide) groups is 1. The second kappa shape index (κ2) is 2.39. The van der Waals surface area contributed by atoms with E-state index in [1.165, 1.54) is 4.90 Å². The summed E-state index contributed by atoms with van der Waals surface area (Å²) in [6.07, 6.45) is 2.40. The van der Waals surface area contributed by atoms with Crippen LogP contribution in [0.4, 0.5) is 5.69 Å². The standard InChI is InChI=1S/C10H7NOS/c12-9-6-7-2-1-3-8-10(7)11(9)4-5-13-8/h1-5H,6H2. The molecule has 0 aliphatic carbocycles. The highest BCUT2D eigenvalue weighted by atomic mass is 32.2. The fourth-order valence-electron chi connectivity index (χ4n) is 1.77. The van der Waals surface area contributed by atoms with Crippen molar-refractivity contribution in [2.75, 3.05) is 4.90 Å². The third-order valence-electron chi connectivity index (χ3n) is 2.34. The number of hydrogen-bond donors (Lipinski definition) is 0. The summed E-state index contributed by atoms with van der Waals surface area (Å²) in [5, 5.41) is 1.95. The average Bonchev–Trinajstić information content (AvgIpc) is 2.47. The van der Waals surface area contributed by atoms with Gasteiger partial charge < -0.3 is 0 Å². The quantitative estimate of drug-likeness (QED) is 0.623. The van der Waals surface area contributed by atoms with Gasteiger partial charge in [-0.2, -0.15) is 0 Å². The molecular weight excluding hydrogens is 182 g/mol. The molecule has 0 unspecified atom stereocenters. The Bertz CT molecular complexity index is 411. The van der Waals surface area contributed by atoms with Crippen molar-refractivity contribution >= 4 is 23.4 Å². The van der Waals surface area contributed by atoms with Gasteiger partial charge in [0.25, 0.3) is 0 Å². The first-order chi connectivity index (χ1) is 6.36. The van der Waals surface area contributed by atoms with E-state index in [9.17, 15) is 4.79 Å². The molecule has 3 rings (SSSR count). The molecule has 0 saturated carbocycles. The topological polar surface area (TPSA) is 20.3 Å². The Balaban J connectivity index is 2.30. The number of nitrogens with zero attached hydrogens (tertiary/aromatic N) is 1. The Hall–Kier alpha value is -1.22. The van der Waals surface area contributed by atoms with Crippen LogP contribution in [0.3, 0.4) is 0 Å². The zero-order valence-corrected chi connectivity index (χ0v) is 7.67. The molecule has 2 aliphatic heterocycles. The molecule has 2 aliphatic rings. The van der Waals surface area contributed by atoms with E-state index >= 15 is 0 Å². The predicted octanol–water partition coefficient (Wildman–Crippen LogP) is 2.15. The zero-order valence-electron chi connectivity index (χ0n) is 6.86. The van der Waals surface area contributed by atoms with Crippen molar-refractivity contribution in [3.63, 3.8) is 0 Å². The van der Waals surface area contributed by atoms with Crippen LogP contribution in [0, 0.1) is 0 Å². The van der Waals surface area contributed by atoms with Crippen molar-refractivity contribution in [2.24, 2.45) is 0 Å². The van der Waals surface area contributed by atoms with E-state index < -0.39 is 0 Å². The van der Waals surface area contributed by atoms with Crippen LogP contribution in [0.25, 0.3) is 0 Å². The van der Waals surface area contributed by atoms with Crippen LogP contribution in [0.1, 0.15) is 5.56 Å². The van der Waals surface area contributed by atoms with Gasteiger partial charge in [-0.1, -0.05) is 23.9 Å². The van der Waals surface area contributed by atoms with E-state index in [1.54, 1.807) is 16.7 Å². The fourth-order valence-corrected chi connectivity index (χ4v) is 2.60. The summed E-state index contributed by atoms with van der Waals surface area (Å²) in [7, 11) is 0. The van der Waals surface area contributed by atoms with Crippen LogP contribution < -0.4 is 4.90 Å². The van der Waals surface area contributed by atoms with Crippen molar-refractivity contribution in [3.8, 4) is 0 Å². The summed E-state index contributed by atoms with van der Waals surface area (Å²) >= 11 is 1.67. The number of benzene rings is 1. The predicted molar refractivity (Wildman–Crippen MR) is 52.6 cm³/mol. The van der Waals surface area contributed by atoms with E-state index in [-0.39, 0.29) is 5.91 Å². The third kappa shape index (κ3) is 0.877. The Morgan fingerprint density at radius 3 is 3.23 bits per heavy atom. The Morgan fingerprint density at radius 1 is 1.38 bits per heavy atom. The molecule has 1 aromatic carbocycles. The molecule has 0 spiro atoms. The Kier molecular flexibility index (Phi) is 1.32. The van der Waals surface area contributed by atoms with Crippen molar-refractivity contribution < 1.29 is 4.79 Å². The van der Waals surface area contributed by atoms with Gasteiger partial charge >= 0.3 is 0 Å². The molecule has 1 aromatic rings. The Morgan fingerprint density at radius 2 is 2.31 bits per heavy atom. The van der Waals surface area contributed by atoms with Crippen molar-refractivity contribution in [2.45, 2.75) is 11.3 Å². The van der Waals surface area contributed by atoms with Gasteiger partial charge in [-0.3, -0.25) is 9.69 Å². The highest BCUT2D eigenvalue weighted by Crippen LogP contribution is 2.41. The van der Waals surface area contributed by atoms with Crippen LogP contribution in [0.15, 0.2) is 34.7 Å². The van der Waals surface area contributed by atoms with E-state index in [0.29, 0.717) is 6.42 Å². The lowest BCUT2D eigenvalue weighted by molar-refractivity contribution is -0.116. The van der Waals surface area contributed by atoms with Crippen LogP contribution in [0.5, 0.6) is 0 Å². The highest BCUT2D eigenvalue weighted by Gasteiger charge is 2.29.